The normalized spacial score (nSPS) is 34.4. The molecule has 1 aromatic carbocycles. The molecule has 4 unspecified atom stereocenters. The van der Waals surface area contributed by atoms with Crippen LogP contribution in [-0.2, 0) is 46.2 Å². The molecule has 0 radical (unpaired) electrons. The van der Waals surface area contributed by atoms with E-state index in [-0.39, 0.29) is 43.6 Å². The summed E-state index contributed by atoms with van der Waals surface area (Å²) in [6.45, 7) is 12.9. The van der Waals surface area contributed by atoms with E-state index < -0.39 is 60.5 Å². The first-order chi connectivity index (χ1) is 26.1. The molecular weight excluding hydrogens is 703 g/mol. The van der Waals surface area contributed by atoms with E-state index in [9.17, 15) is 19.2 Å². The van der Waals surface area contributed by atoms with Crippen molar-refractivity contribution in [2.75, 3.05) is 19.8 Å². The molecule has 1 aromatic rings. The Morgan fingerprint density at radius 3 is 2.45 bits per heavy atom. The van der Waals surface area contributed by atoms with Crippen LogP contribution in [0.3, 0.4) is 0 Å². The molecule has 55 heavy (non-hydrogen) atoms. The minimum Gasteiger partial charge on any atom is -0.444 e. The van der Waals surface area contributed by atoms with Crippen LogP contribution in [-0.4, -0.2) is 102 Å². The molecule has 3 saturated carbocycles. The number of benzene rings is 1. The first kappa shape index (κ1) is 39.6. The van der Waals surface area contributed by atoms with Gasteiger partial charge in [0.2, 0.25) is 11.8 Å². The minimum atomic E-state index is -1.16. The molecular formula is C41H59BN4O9. The molecule has 2 saturated heterocycles. The lowest BCUT2D eigenvalue weighted by molar-refractivity contribution is -0.199. The molecule has 8 atom stereocenters. The van der Waals surface area contributed by atoms with Crippen LogP contribution in [0.1, 0.15) is 104 Å². The zero-order valence-corrected chi connectivity index (χ0v) is 33.3. The van der Waals surface area contributed by atoms with E-state index in [1.165, 1.54) is 4.90 Å². The number of carbonyl (C=O) groups excluding carboxylic acids is 4. The van der Waals surface area contributed by atoms with Gasteiger partial charge >= 0.3 is 19.3 Å². The second kappa shape index (κ2) is 15.7. The van der Waals surface area contributed by atoms with Crippen molar-refractivity contribution in [2.45, 2.75) is 147 Å². The van der Waals surface area contributed by atoms with Gasteiger partial charge in [-0.2, -0.15) is 0 Å². The molecule has 4 heterocycles. The van der Waals surface area contributed by atoms with Crippen LogP contribution in [0.2, 0.25) is 0 Å². The third-order valence-corrected chi connectivity index (χ3v) is 12.9. The Labute approximate surface area is 325 Å². The van der Waals surface area contributed by atoms with Crippen LogP contribution >= 0.6 is 0 Å². The standard InChI is InChI=1S/C41H59BN4O9/c1-39(2,3)53-37(49)43-30-25-51-18-14-10-8-7-9-11-17-34(42-54-33-20-28-19-32(40(28,4)5)41(33,6)55-42)44-35(47)31-21-29(24-46(31)36(30)48)52-38(50)45-22-26-15-12-13-16-27(26)23-45/h10,12-16,28-34H,7-9,11,17-25H2,1-6H3,(H,43,49)(H,44,47)/b14-10+/t28?,29-,30-,31+,32?,33?,34-,41?/m1/s1. The monoisotopic (exact) mass is 762 g/mol. The molecule has 14 heteroatoms. The number of alkyl carbamates (subject to hydrolysis) is 1. The number of allylic oxidation sites excluding steroid dienone is 1. The van der Waals surface area contributed by atoms with Crippen LogP contribution in [0.4, 0.5) is 9.59 Å². The van der Waals surface area contributed by atoms with Crippen molar-refractivity contribution in [2.24, 2.45) is 17.3 Å². The number of hydrogen-bond acceptors (Lipinski definition) is 9. The highest BCUT2D eigenvalue weighted by molar-refractivity contribution is 6.48. The van der Waals surface area contributed by atoms with Crippen molar-refractivity contribution in [3.63, 3.8) is 0 Å². The summed E-state index contributed by atoms with van der Waals surface area (Å²) < 4.78 is 30.9. The first-order valence-corrected chi connectivity index (χ1v) is 20.3. The topological polar surface area (TPSA) is 145 Å². The Bertz CT molecular complexity index is 1620. The van der Waals surface area contributed by atoms with Crippen molar-refractivity contribution in [1.82, 2.24) is 20.4 Å². The van der Waals surface area contributed by atoms with Crippen LogP contribution in [0, 0.1) is 17.3 Å². The van der Waals surface area contributed by atoms with E-state index in [2.05, 4.69) is 37.5 Å². The molecule has 8 rings (SSSR count). The van der Waals surface area contributed by atoms with Gasteiger partial charge in [-0.25, -0.2) is 9.59 Å². The number of nitrogens with zero attached hydrogens (tertiary/aromatic N) is 2. The van der Waals surface area contributed by atoms with E-state index in [4.69, 9.17) is 23.5 Å². The van der Waals surface area contributed by atoms with Crippen molar-refractivity contribution in [1.29, 1.82) is 0 Å². The number of nitrogens with one attached hydrogen (secondary N) is 2. The Morgan fingerprint density at radius 1 is 1.00 bits per heavy atom. The van der Waals surface area contributed by atoms with Crippen molar-refractivity contribution >= 4 is 31.1 Å². The van der Waals surface area contributed by atoms with Gasteiger partial charge in [-0.15, -0.1) is 0 Å². The molecule has 7 aliphatic rings. The quantitative estimate of drug-likeness (QED) is 0.310. The second-order valence-corrected chi connectivity index (χ2v) is 18.2. The molecule has 5 fully saturated rings. The molecule has 13 nitrogen and oxygen atoms in total. The van der Waals surface area contributed by atoms with Crippen LogP contribution < -0.4 is 10.6 Å². The lowest BCUT2D eigenvalue weighted by Gasteiger charge is -2.64. The van der Waals surface area contributed by atoms with Crippen molar-refractivity contribution in [3.05, 3.63) is 47.5 Å². The maximum Gasteiger partial charge on any atom is 0.481 e. The highest BCUT2D eigenvalue weighted by Gasteiger charge is 2.68. The number of fused-ring (bicyclic) bond motifs is 2. The summed E-state index contributed by atoms with van der Waals surface area (Å²) >= 11 is 0. The Balaban J connectivity index is 1.13. The molecule has 3 aliphatic carbocycles. The van der Waals surface area contributed by atoms with Gasteiger partial charge in [-0.3, -0.25) is 14.5 Å². The molecule has 2 bridgehead atoms. The maximum atomic E-state index is 14.6. The summed E-state index contributed by atoms with van der Waals surface area (Å²) in [5, 5.41) is 5.94. The fourth-order valence-electron chi connectivity index (χ4n) is 9.75. The summed E-state index contributed by atoms with van der Waals surface area (Å²) in [6.07, 6.45) is 8.29. The third kappa shape index (κ3) is 8.42. The fourth-order valence-corrected chi connectivity index (χ4v) is 9.75. The van der Waals surface area contributed by atoms with Crippen LogP contribution in [0.25, 0.3) is 0 Å². The lowest BCUT2D eigenvalue weighted by Crippen LogP contribution is -2.65. The number of hydrogen-bond donors (Lipinski definition) is 2. The van der Waals surface area contributed by atoms with Crippen molar-refractivity contribution in [3.8, 4) is 0 Å². The van der Waals surface area contributed by atoms with Gasteiger partial charge in [-0.1, -0.05) is 63.1 Å². The Morgan fingerprint density at radius 2 is 1.75 bits per heavy atom. The number of carbonyl (C=O) groups is 4. The van der Waals surface area contributed by atoms with E-state index >= 15 is 0 Å². The highest BCUT2D eigenvalue weighted by Crippen LogP contribution is 2.65. The fraction of sp³-hybridized carbons (Fsp3) is 0.707. The smallest absolute Gasteiger partial charge is 0.444 e. The van der Waals surface area contributed by atoms with E-state index in [1.54, 1.807) is 25.7 Å². The van der Waals surface area contributed by atoms with Crippen LogP contribution in [0.15, 0.2) is 36.4 Å². The predicted octanol–water partition coefficient (Wildman–Crippen LogP) is 5.29. The summed E-state index contributed by atoms with van der Waals surface area (Å²) in [6, 6.07) is 5.71. The lowest BCUT2D eigenvalue weighted by atomic mass is 9.43. The van der Waals surface area contributed by atoms with Gasteiger partial charge in [0.25, 0.3) is 0 Å². The Kier molecular flexibility index (Phi) is 11.3. The van der Waals surface area contributed by atoms with Gasteiger partial charge in [0.1, 0.15) is 23.8 Å². The minimum absolute atomic E-state index is 0.0325. The Hall–Kier alpha value is -3.62. The van der Waals surface area contributed by atoms with Gasteiger partial charge in [0.15, 0.2) is 0 Å². The van der Waals surface area contributed by atoms with Gasteiger partial charge in [-0.05, 0) is 88.2 Å². The van der Waals surface area contributed by atoms with Crippen LogP contribution in [0.5, 0.6) is 0 Å². The van der Waals surface area contributed by atoms with E-state index in [0.717, 1.165) is 49.7 Å². The van der Waals surface area contributed by atoms with Gasteiger partial charge in [0, 0.05) is 19.5 Å². The second-order valence-electron chi connectivity index (χ2n) is 18.2. The van der Waals surface area contributed by atoms with E-state index in [0.29, 0.717) is 31.3 Å². The number of ether oxygens (including phenoxy) is 3. The predicted molar refractivity (Wildman–Crippen MR) is 204 cm³/mol. The summed E-state index contributed by atoms with van der Waals surface area (Å²) in [7, 11) is -0.637. The number of rotatable bonds is 3. The zero-order valence-electron chi connectivity index (χ0n) is 33.3. The largest absolute Gasteiger partial charge is 0.481 e. The van der Waals surface area contributed by atoms with Gasteiger partial charge < -0.3 is 39.1 Å². The average molecular weight is 763 g/mol. The first-order valence-electron chi connectivity index (χ1n) is 20.3. The highest BCUT2D eigenvalue weighted by atomic mass is 16.7. The maximum absolute atomic E-state index is 14.6. The van der Waals surface area contributed by atoms with E-state index in [1.807, 2.05) is 30.3 Å². The summed E-state index contributed by atoms with van der Waals surface area (Å²) in [5.74, 6) is -0.422. The molecule has 4 amide bonds. The molecule has 0 spiro atoms. The summed E-state index contributed by atoms with van der Waals surface area (Å²) in [5.41, 5.74) is 1.03. The summed E-state index contributed by atoms with van der Waals surface area (Å²) in [4.78, 5) is 58.6. The SMILES string of the molecule is CC(C)(C)OC(=O)N[C@@H]1COC/C=C/CCCCC[C@H](B2OC3CC4CC(C4(C)C)C3(C)O2)NC(=O)[C@@H]2C[C@@H](OC(=O)N3Cc4ccccc4C3)CN2C1=O. The average Bonchev–Trinajstić information content (AvgIpc) is 3.84. The molecule has 4 aliphatic heterocycles. The molecule has 0 aromatic heterocycles. The third-order valence-electron chi connectivity index (χ3n) is 12.9. The van der Waals surface area contributed by atoms with Gasteiger partial charge in [0.05, 0.1) is 37.4 Å². The zero-order chi connectivity index (χ0) is 39.1. The number of amides is 4. The molecule has 300 valence electrons. The molecule has 2 N–H and O–H groups in total. The van der Waals surface area contributed by atoms with Crippen molar-refractivity contribution < 1.29 is 42.7 Å².